The molecule has 0 saturated heterocycles. The molecule has 10 heteroatoms. The van der Waals surface area contributed by atoms with Crippen LogP contribution in [0.4, 0.5) is 0 Å². The first kappa shape index (κ1) is 22.2. The number of sulfonamides is 1. The third-order valence-electron chi connectivity index (χ3n) is 5.20. The van der Waals surface area contributed by atoms with Crippen molar-refractivity contribution in [2.45, 2.75) is 30.3 Å². The topological polar surface area (TPSA) is 81.0 Å². The molecule has 1 aliphatic carbocycles. The maximum Gasteiger partial charge on any atom is 0.279 e. The zero-order valence-electron chi connectivity index (χ0n) is 17.1. The first-order valence-electron chi connectivity index (χ1n) is 9.76. The molecule has 0 radical (unpaired) electrons. The normalized spacial score (nSPS) is 15.2. The van der Waals surface area contributed by atoms with Gasteiger partial charge in [0.05, 0.1) is 21.7 Å². The quantitative estimate of drug-likeness (QED) is 0.519. The van der Waals surface area contributed by atoms with E-state index in [9.17, 15) is 13.2 Å². The summed E-state index contributed by atoms with van der Waals surface area (Å²) in [6.45, 7) is 1.01. The van der Waals surface area contributed by atoms with E-state index >= 15 is 0 Å². The van der Waals surface area contributed by atoms with Gasteiger partial charge in [-0.2, -0.15) is 9.30 Å². The molecule has 1 aromatic heterocycles. The zero-order chi connectivity index (χ0) is 22.2. The number of carbonyl (C=O) groups excluding carboxylic acids is 1. The van der Waals surface area contributed by atoms with Crippen LogP contribution in [0.2, 0.25) is 5.02 Å². The number of fused-ring (bicyclic) bond motifs is 1. The number of methoxy groups -OCH3 is 1. The Balaban J connectivity index is 1.66. The number of thiazole rings is 1. The third-order valence-corrected chi connectivity index (χ3v) is 8.40. The minimum atomic E-state index is -3.55. The summed E-state index contributed by atoms with van der Waals surface area (Å²) >= 11 is 7.47. The lowest BCUT2D eigenvalue weighted by Crippen LogP contribution is -2.28. The van der Waals surface area contributed by atoms with E-state index in [1.165, 1.54) is 39.9 Å². The van der Waals surface area contributed by atoms with Crippen LogP contribution in [-0.4, -0.2) is 50.0 Å². The molecule has 1 saturated carbocycles. The number of hydrogen-bond donors (Lipinski definition) is 0. The molecule has 0 bridgehead atoms. The Bertz CT molecular complexity index is 1290. The maximum absolute atomic E-state index is 12.8. The van der Waals surface area contributed by atoms with Crippen LogP contribution in [0.1, 0.15) is 23.2 Å². The van der Waals surface area contributed by atoms with Crippen molar-refractivity contribution >= 4 is 49.1 Å². The molecule has 0 spiro atoms. The van der Waals surface area contributed by atoms with Crippen LogP contribution >= 0.6 is 22.9 Å². The predicted molar refractivity (Wildman–Crippen MR) is 121 cm³/mol. The van der Waals surface area contributed by atoms with Crippen LogP contribution in [0.25, 0.3) is 10.2 Å². The number of rotatable bonds is 7. The van der Waals surface area contributed by atoms with Crippen LogP contribution < -0.4 is 4.80 Å². The van der Waals surface area contributed by atoms with Crippen molar-refractivity contribution in [2.75, 3.05) is 20.8 Å². The van der Waals surface area contributed by atoms with E-state index in [0.717, 1.165) is 23.1 Å². The predicted octanol–water partition coefficient (Wildman–Crippen LogP) is 3.53. The van der Waals surface area contributed by atoms with Crippen molar-refractivity contribution in [3.8, 4) is 0 Å². The summed E-state index contributed by atoms with van der Waals surface area (Å²) in [5, 5.41) is 0.610. The lowest BCUT2D eigenvalue weighted by atomic mass is 10.2. The summed E-state index contributed by atoms with van der Waals surface area (Å²) in [5.41, 5.74) is 1.24. The van der Waals surface area contributed by atoms with Gasteiger partial charge in [0.15, 0.2) is 4.80 Å². The minimum Gasteiger partial charge on any atom is -0.383 e. The van der Waals surface area contributed by atoms with Gasteiger partial charge in [0.25, 0.3) is 5.91 Å². The summed E-state index contributed by atoms with van der Waals surface area (Å²) in [5.74, 6) is -0.441. The van der Waals surface area contributed by atoms with Gasteiger partial charge < -0.3 is 9.30 Å². The van der Waals surface area contributed by atoms with E-state index in [1.54, 1.807) is 20.2 Å². The Labute approximate surface area is 189 Å². The summed E-state index contributed by atoms with van der Waals surface area (Å²) in [4.78, 5) is 17.8. The SMILES string of the molecule is COCCn1c(=NC(=O)c2ccc(S(=O)(=O)N(C)C3CC3)cc2)sc2cc(Cl)ccc21. The fourth-order valence-corrected chi connectivity index (χ4v) is 6.00. The molecule has 1 amide bonds. The van der Waals surface area contributed by atoms with Crippen molar-refractivity contribution in [3.63, 3.8) is 0 Å². The van der Waals surface area contributed by atoms with E-state index in [-0.39, 0.29) is 10.9 Å². The molecule has 0 N–H and O–H groups in total. The molecule has 0 aliphatic heterocycles. The van der Waals surface area contributed by atoms with Crippen molar-refractivity contribution in [1.82, 2.24) is 8.87 Å². The van der Waals surface area contributed by atoms with Crippen LogP contribution in [0.5, 0.6) is 0 Å². The molecule has 2 aromatic carbocycles. The van der Waals surface area contributed by atoms with E-state index < -0.39 is 15.9 Å². The fourth-order valence-electron chi connectivity index (χ4n) is 3.25. The second-order valence-corrected chi connectivity index (χ2v) is 10.8. The van der Waals surface area contributed by atoms with Crippen molar-refractivity contribution in [3.05, 3.63) is 57.9 Å². The van der Waals surface area contributed by atoms with E-state index in [1.807, 2.05) is 16.7 Å². The van der Waals surface area contributed by atoms with Gasteiger partial charge in [0, 0.05) is 37.3 Å². The Morgan fingerprint density at radius 3 is 2.61 bits per heavy atom. The van der Waals surface area contributed by atoms with Crippen LogP contribution in [0.15, 0.2) is 52.4 Å². The Kier molecular flexibility index (Phi) is 6.32. The van der Waals surface area contributed by atoms with Crippen LogP contribution in [0.3, 0.4) is 0 Å². The lowest BCUT2D eigenvalue weighted by Gasteiger charge is -2.16. The van der Waals surface area contributed by atoms with Gasteiger partial charge in [-0.05, 0) is 55.3 Å². The van der Waals surface area contributed by atoms with Gasteiger partial charge in [0.1, 0.15) is 0 Å². The van der Waals surface area contributed by atoms with Gasteiger partial charge >= 0.3 is 0 Å². The first-order chi connectivity index (χ1) is 14.8. The number of benzene rings is 2. The van der Waals surface area contributed by atoms with E-state index in [2.05, 4.69) is 4.99 Å². The van der Waals surface area contributed by atoms with Crippen LogP contribution in [0, 0.1) is 0 Å². The Morgan fingerprint density at radius 1 is 1.26 bits per heavy atom. The first-order valence-corrected chi connectivity index (χ1v) is 12.4. The smallest absolute Gasteiger partial charge is 0.279 e. The lowest BCUT2D eigenvalue weighted by molar-refractivity contribution is 0.0997. The molecule has 4 rings (SSSR count). The fraction of sp³-hybridized carbons (Fsp3) is 0.333. The number of amides is 1. The molecule has 0 atom stereocenters. The maximum atomic E-state index is 12.8. The number of ether oxygens (including phenoxy) is 1. The summed E-state index contributed by atoms with van der Waals surface area (Å²) in [7, 11) is -0.346. The summed E-state index contributed by atoms with van der Waals surface area (Å²) < 4.78 is 34.7. The van der Waals surface area contributed by atoms with Gasteiger partial charge in [-0.3, -0.25) is 4.79 Å². The molecule has 7 nitrogen and oxygen atoms in total. The number of carbonyl (C=O) groups is 1. The largest absolute Gasteiger partial charge is 0.383 e. The number of hydrogen-bond acceptors (Lipinski definition) is 5. The molecule has 1 heterocycles. The molecule has 31 heavy (non-hydrogen) atoms. The molecule has 1 fully saturated rings. The molecule has 164 valence electrons. The summed E-state index contributed by atoms with van der Waals surface area (Å²) in [6.07, 6.45) is 1.77. The number of halogens is 1. The van der Waals surface area contributed by atoms with Gasteiger partial charge in [-0.25, -0.2) is 8.42 Å². The highest BCUT2D eigenvalue weighted by Crippen LogP contribution is 2.30. The third kappa shape index (κ3) is 4.61. The second kappa shape index (κ2) is 8.84. The highest BCUT2D eigenvalue weighted by Gasteiger charge is 2.35. The number of nitrogens with zero attached hydrogens (tertiary/aromatic N) is 3. The van der Waals surface area contributed by atoms with E-state index in [0.29, 0.717) is 28.5 Å². The standard InChI is InChI=1S/C21H22ClN3O4S2/c1-24(16-6-7-16)31(27,28)17-8-3-14(4-9-17)20(26)23-21-25(11-12-29-2)18-10-5-15(22)13-19(18)30-21/h3-5,8-10,13,16H,6-7,11-12H2,1-2H3. The monoisotopic (exact) mass is 479 g/mol. The molecule has 0 unspecified atom stereocenters. The van der Waals surface area contributed by atoms with E-state index in [4.69, 9.17) is 16.3 Å². The van der Waals surface area contributed by atoms with Gasteiger partial charge in [-0.15, -0.1) is 0 Å². The van der Waals surface area contributed by atoms with Gasteiger partial charge in [0.2, 0.25) is 10.0 Å². The Morgan fingerprint density at radius 2 is 1.97 bits per heavy atom. The van der Waals surface area contributed by atoms with Gasteiger partial charge in [-0.1, -0.05) is 22.9 Å². The molecule has 3 aromatic rings. The highest BCUT2D eigenvalue weighted by atomic mass is 35.5. The van der Waals surface area contributed by atoms with Crippen LogP contribution in [-0.2, 0) is 21.3 Å². The minimum absolute atomic E-state index is 0.0744. The highest BCUT2D eigenvalue weighted by molar-refractivity contribution is 7.89. The molecular formula is C21H22ClN3O4S2. The zero-order valence-corrected chi connectivity index (χ0v) is 19.5. The van der Waals surface area contributed by atoms with Crippen molar-refractivity contribution in [2.24, 2.45) is 4.99 Å². The summed E-state index contributed by atoms with van der Waals surface area (Å²) in [6, 6.07) is 11.5. The van der Waals surface area contributed by atoms with Crippen molar-refractivity contribution < 1.29 is 17.9 Å². The molecule has 1 aliphatic rings. The average Bonchev–Trinajstić information content (AvgIpc) is 3.54. The Hall–Kier alpha value is -2.04. The number of aromatic nitrogens is 1. The second-order valence-electron chi connectivity index (χ2n) is 7.33. The van der Waals surface area contributed by atoms with Crippen molar-refractivity contribution in [1.29, 1.82) is 0 Å². The molecular weight excluding hydrogens is 458 g/mol. The average molecular weight is 480 g/mol.